The first-order valence-corrected chi connectivity index (χ1v) is 4.48. The molecule has 16 heavy (non-hydrogen) atoms. The maximum atomic E-state index is 12.1. The summed E-state index contributed by atoms with van der Waals surface area (Å²) >= 11 is 0. The molecule has 88 valence electrons. The van der Waals surface area contributed by atoms with E-state index in [1.807, 2.05) is 0 Å². The second-order valence-electron chi connectivity index (χ2n) is 3.25. The first kappa shape index (κ1) is 12.3. The molecule has 1 aromatic rings. The van der Waals surface area contributed by atoms with E-state index < -0.39 is 18.9 Å². The van der Waals surface area contributed by atoms with E-state index in [4.69, 9.17) is 5.11 Å². The molecule has 1 heterocycles. The summed E-state index contributed by atoms with van der Waals surface area (Å²) in [6.07, 6.45) is -1.38. The zero-order valence-corrected chi connectivity index (χ0v) is 8.81. The van der Waals surface area contributed by atoms with Gasteiger partial charge in [-0.1, -0.05) is 0 Å². The van der Waals surface area contributed by atoms with Crippen molar-refractivity contribution in [1.82, 2.24) is 9.97 Å². The van der Waals surface area contributed by atoms with Crippen LogP contribution in [0.15, 0.2) is 6.20 Å². The zero-order chi connectivity index (χ0) is 12.3. The number of rotatable bonds is 4. The second kappa shape index (κ2) is 4.82. The van der Waals surface area contributed by atoms with Crippen molar-refractivity contribution in [2.24, 2.45) is 0 Å². The van der Waals surface area contributed by atoms with Crippen molar-refractivity contribution in [2.45, 2.75) is 13.3 Å². The van der Waals surface area contributed by atoms with E-state index >= 15 is 0 Å². The number of carboxylic acids is 1. The number of carbonyl (C=O) groups is 1. The summed E-state index contributed by atoms with van der Waals surface area (Å²) in [6.45, 7) is 0.997. The van der Waals surface area contributed by atoms with Crippen molar-refractivity contribution in [3.05, 3.63) is 17.5 Å². The van der Waals surface area contributed by atoms with Crippen LogP contribution in [0, 0.1) is 6.92 Å². The molecule has 7 heteroatoms. The number of aryl methyl sites for hydroxylation is 1. The van der Waals surface area contributed by atoms with E-state index in [0.29, 0.717) is 0 Å². The van der Waals surface area contributed by atoms with E-state index in [9.17, 15) is 13.6 Å². The van der Waals surface area contributed by atoms with Gasteiger partial charge in [0.2, 0.25) is 5.95 Å². The summed E-state index contributed by atoms with van der Waals surface area (Å²) in [5.41, 5.74) is 0.216. The number of nitrogens with zero attached hydrogens (tertiary/aromatic N) is 3. The molecular weight excluding hydrogens is 220 g/mol. The Balaban J connectivity index is 2.92. The minimum atomic E-state index is -2.49. The molecule has 1 N–H and O–H groups in total. The van der Waals surface area contributed by atoms with Crippen molar-refractivity contribution in [1.29, 1.82) is 0 Å². The lowest BCUT2D eigenvalue weighted by Crippen LogP contribution is -2.26. The predicted octanol–water partition coefficient (Wildman–Crippen LogP) is 1.18. The number of aromatic carboxylic acids is 1. The van der Waals surface area contributed by atoms with Gasteiger partial charge in [-0.15, -0.1) is 0 Å². The highest BCUT2D eigenvalue weighted by Gasteiger charge is 2.14. The molecule has 1 rings (SSSR count). The van der Waals surface area contributed by atoms with E-state index in [0.717, 1.165) is 6.20 Å². The average Bonchev–Trinajstić information content (AvgIpc) is 2.15. The standard InChI is InChI=1S/C9H11F2N3O2/c1-5-6(8(15)16)3-12-9(13-5)14(2)4-7(10)11/h3,7H,4H2,1-2H3,(H,15,16). The van der Waals surface area contributed by atoms with Gasteiger partial charge in [0.25, 0.3) is 6.43 Å². The highest BCUT2D eigenvalue weighted by Crippen LogP contribution is 2.11. The number of halogens is 2. The van der Waals surface area contributed by atoms with Crippen LogP contribution in [0.3, 0.4) is 0 Å². The summed E-state index contributed by atoms with van der Waals surface area (Å²) in [6, 6.07) is 0. The van der Waals surface area contributed by atoms with Crippen LogP contribution in [0.25, 0.3) is 0 Å². The lowest BCUT2D eigenvalue weighted by molar-refractivity contribution is 0.0695. The molecule has 0 fully saturated rings. The fourth-order valence-electron chi connectivity index (χ4n) is 1.14. The van der Waals surface area contributed by atoms with Crippen LogP contribution in [-0.4, -0.2) is 41.1 Å². The number of hydrogen-bond donors (Lipinski definition) is 1. The number of hydrogen-bond acceptors (Lipinski definition) is 4. The van der Waals surface area contributed by atoms with Crippen molar-refractivity contribution in [3.63, 3.8) is 0 Å². The van der Waals surface area contributed by atoms with Gasteiger partial charge in [-0.05, 0) is 6.92 Å². The van der Waals surface area contributed by atoms with E-state index in [2.05, 4.69) is 9.97 Å². The van der Waals surface area contributed by atoms with Crippen molar-refractivity contribution < 1.29 is 18.7 Å². The van der Waals surface area contributed by atoms with Crippen LogP contribution in [0.2, 0.25) is 0 Å². The summed E-state index contributed by atoms with van der Waals surface area (Å²) in [5.74, 6) is -1.05. The molecule has 0 saturated carbocycles. The lowest BCUT2D eigenvalue weighted by Gasteiger charge is -2.16. The molecule has 0 amide bonds. The molecular formula is C9H11F2N3O2. The third-order valence-electron chi connectivity index (χ3n) is 1.95. The number of carboxylic acid groups (broad SMARTS) is 1. The highest BCUT2D eigenvalue weighted by atomic mass is 19.3. The molecule has 0 unspecified atom stereocenters. The van der Waals surface area contributed by atoms with Crippen LogP contribution >= 0.6 is 0 Å². The van der Waals surface area contributed by atoms with Gasteiger partial charge in [-0.25, -0.2) is 23.5 Å². The maximum Gasteiger partial charge on any atom is 0.339 e. The molecule has 0 radical (unpaired) electrons. The third-order valence-corrected chi connectivity index (χ3v) is 1.95. The molecule has 5 nitrogen and oxygen atoms in total. The van der Waals surface area contributed by atoms with Gasteiger partial charge in [0.15, 0.2) is 0 Å². The third kappa shape index (κ3) is 2.85. The summed E-state index contributed by atoms with van der Waals surface area (Å²) < 4.78 is 24.2. The fraction of sp³-hybridized carbons (Fsp3) is 0.444. The first-order chi connectivity index (χ1) is 7.41. The van der Waals surface area contributed by atoms with Crippen LogP contribution < -0.4 is 4.90 Å². The second-order valence-corrected chi connectivity index (χ2v) is 3.25. The van der Waals surface area contributed by atoms with E-state index in [1.165, 1.54) is 18.9 Å². The Hall–Kier alpha value is -1.79. The quantitative estimate of drug-likeness (QED) is 0.842. The molecule has 0 atom stereocenters. The van der Waals surface area contributed by atoms with Crippen LogP contribution in [0.1, 0.15) is 16.1 Å². The van der Waals surface area contributed by atoms with Gasteiger partial charge in [0.05, 0.1) is 17.8 Å². The minimum Gasteiger partial charge on any atom is -0.478 e. The maximum absolute atomic E-state index is 12.1. The highest BCUT2D eigenvalue weighted by molar-refractivity contribution is 5.88. The Kier molecular flexibility index (Phi) is 3.70. The topological polar surface area (TPSA) is 66.3 Å². The summed E-state index contributed by atoms with van der Waals surface area (Å²) in [5, 5.41) is 8.73. The smallest absolute Gasteiger partial charge is 0.339 e. The van der Waals surface area contributed by atoms with Gasteiger partial charge in [-0.3, -0.25) is 0 Å². The minimum absolute atomic E-state index is 0.0332. The Morgan fingerprint density at radius 3 is 2.69 bits per heavy atom. The van der Waals surface area contributed by atoms with Gasteiger partial charge in [0.1, 0.15) is 0 Å². The van der Waals surface area contributed by atoms with Crippen molar-refractivity contribution in [2.75, 3.05) is 18.5 Å². The molecule has 0 aliphatic rings. The van der Waals surface area contributed by atoms with Gasteiger partial charge < -0.3 is 10.0 Å². The van der Waals surface area contributed by atoms with E-state index in [1.54, 1.807) is 0 Å². The fourth-order valence-corrected chi connectivity index (χ4v) is 1.14. The number of aromatic nitrogens is 2. The van der Waals surface area contributed by atoms with Crippen molar-refractivity contribution in [3.8, 4) is 0 Å². The Morgan fingerprint density at radius 1 is 1.62 bits per heavy atom. The molecule has 0 aliphatic heterocycles. The van der Waals surface area contributed by atoms with Gasteiger partial charge >= 0.3 is 5.97 Å². The van der Waals surface area contributed by atoms with Crippen LogP contribution in [0.4, 0.5) is 14.7 Å². The van der Waals surface area contributed by atoms with E-state index in [-0.39, 0.29) is 17.2 Å². The van der Waals surface area contributed by atoms with Gasteiger partial charge in [0, 0.05) is 13.2 Å². The number of alkyl halides is 2. The molecule has 0 aromatic carbocycles. The normalized spacial score (nSPS) is 10.6. The average molecular weight is 231 g/mol. The SMILES string of the molecule is Cc1nc(N(C)CC(F)F)ncc1C(=O)O. The van der Waals surface area contributed by atoms with Crippen LogP contribution in [-0.2, 0) is 0 Å². The Bertz CT molecular complexity index is 398. The van der Waals surface area contributed by atoms with Gasteiger partial charge in [-0.2, -0.15) is 0 Å². The summed E-state index contributed by atoms with van der Waals surface area (Å²) in [4.78, 5) is 19.4. The number of anilines is 1. The Morgan fingerprint density at radius 2 is 2.25 bits per heavy atom. The molecule has 0 saturated heterocycles. The van der Waals surface area contributed by atoms with Crippen molar-refractivity contribution >= 4 is 11.9 Å². The van der Waals surface area contributed by atoms with Crippen LogP contribution in [0.5, 0.6) is 0 Å². The molecule has 1 aromatic heterocycles. The lowest BCUT2D eigenvalue weighted by atomic mass is 10.2. The predicted molar refractivity (Wildman–Crippen MR) is 53.0 cm³/mol. The Labute approximate surface area is 90.7 Å². The summed E-state index contributed by atoms with van der Waals surface area (Å²) in [7, 11) is 1.42. The molecule has 0 aliphatic carbocycles. The molecule has 0 bridgehead atoms. The zero-order valence-electron chi connectivity index (χ0n) is 8.81. The first-order valence-electron chi connectivity index (χ1n) is 4.48. The monoisotopic (exact) mass is 231 g/mol. The largest absolute Gasteiger partial charge is 0.478 e. The molecule has 0 spiro atoms.